The Hall–Kier alpha value is -2.94. The van der Waals surface area contributed by atoms with E-state index in [1.165, 1.54) is 17.4 Å². The van der Waals surface area contributed by atoms with Crippen LogP contribution < -0.4 is 4.80 Å². The second-order valence-electron chi connectivity index (χ2n) is 6.19. The highest BCUT2D eigenvalue weighted by Crippen LogP contribution is 2.29. The van der Waals surface area contributed by atoms with Crippen molar-refractivity contribution in [3.05, 3.63) is 64.0 Å². The summed E-state index contributed by atoms with van der Waals surface area (Å²) >= 11 is 1.18. The molecule has 0 unspecified atom stereocenters. The predicted molar refractivity (Wildman–Crippen MR) is 103 cm³/mol. The first-order valence-electron chi connectivity index (χ1n) is 8.71. The lowest BCUT2D eigenvalue weighted by molar-refractivity contribution is -0.143. The molecule has 0 spiro atoms. The van der Waals surface area contributed by atoms with Gasteiger partial charge >= 0.3 is 12.1 Å². The second-order valence-corrected chi connectivity index (χ2v) is 7.20. The van der Waals surface area contributed by atoms with Crippen molar-refractivity contribution in [2.24, 2.45) is 4.99 Å². The molecule has 29 heavy (non-hydrogen) atoms. The monoisotopic (exact) mass is 422 g/mol. The SMILES string of the molecule is CCOC(=O)Cn1c(=NC(=O)c2cccc(C(F)(F)F)c2)sc2cccc(C)c21. The first kappa shape index (κ1) is 20.8. The first-order valence-corrected chi connectivity index (χ1v) is 9.53. The zero-order valence-corrected chi connectivity index (χ0v) is 16.4. The fourth-order valence-corrected chi connectivity index (χ4v) is 3.96. The van der Waals surface area contributed by atoms with E-state index in [0.29, 0.717) is 0 Å². The average Bonchev–Trinajstić information content (AvgIpc) is 2.99. The van der Waals surface area contributed by atoms with Crippen LogP contribution in [0.4, 0.5) is 13.2 Å². The fraction of sp³-hybridized carbons (Fsp3) is 0.250. The van der Waals surface area contributed by atoms with E-state index in [9.17, 15) is 22.8 Å². The van der Waals surface area contributed by atoms with Crippen LogP contribution in [0.15, 0.2) is 47.5 Å². The first-order chi connectivity index (χ1) is 13.7. The molecule has 152 valence electrons. The molecule has 0 radical (unpaired) electrons. The second kappa shape index (κ2) is 8.20. The van der Waals surface area contributed by atoms with Crippen molar-refractivity contribution in [1.82, 2.24) is 4.57 Å². The van der Waals surface area contributed by atoms with E-state index in [0.717, 1.165) is 34.0 Å². The van der Waals surface area contributed by atoms with E-state index >= 15 is 0 Å². The zero-order valence-electron chi connectivity index (χ0n) is 15.6. The predicted octanol–water partition coefficient (Wildman–Crippen LogP) is 4.33. The topological polar surface area (TPSA) is 60.7 Å². The summed E-state index contributed by atoms with van der Waals surface area (Å²) in [6, 6.07) is 9.60. The van der Waals surface area contributed by atoms with Crippen LogP contribution in [0.2, 0.25) is 0 Å². The van der Waals surface area contributed by atoms with Gasteiger partial charge in [-0.1, -0.05) is 29.5 Å². The van der Waals surface area contributed by atoms with E-state index in [4.69, 9.17) is 4.74 Å². The molecule has 1 heterocycles. The molecule has 0 atom stereocenters. The van der Waals surface area contributed by atoms with Gasteiger partial charge in [-0.25, -0.2) is 0 Å². The van der Waals surface area contributed by atoms with Crippen LogP contribution in [0.3, 0.4) is 0 Å². The van der Waals surface area contributed by atoms with Gasteiger partial charge in [0.05, 0.1) is 22.4 Å². The number of hydrogen-bond donors (Lipinski definition) is 0. The molecule has 5 nitrogen and oxygen atoms in total. The molecule has 1 amide bonds. The normalized spacial score (nSPS) is 12.4. The Labute approximate surface area is 168 Å². The van der Waals surface area contributed by atoms with E-state index < -0.39 is 23.6 Å². The van der Waals surface area contributed by atoms with Crippen LogP contribution in [-0.2, 0) is 22.3 Å². The molecule has 0 aliphatic rings. The van der Waals surface area contributed by atoms with Gasteiger partial charge in [-0.3, -0.25) is 9.59 Å². The number of fused-ring (bicyclic) bond motifs is 1. The Balaban J connectivity index is 2.11. The van der Waals surface area contributed by atoms with Crippen molar-refractivity contribution in [2.75, 3.05) is 6.61 Å². The van der Waals surface area contributed by atoms with Crippen molar-refractivity contribution in [3.63, 3.8) is 0 Å². The highest BCUT2D eigenvalue weighted by atomic mass is 32.1. The third-order valence-electron chi connectivity index (χ3n) is 4.13. The van der Waals surface area contributed by atoms with Crippen LogP contribution in [0.25, 0.3) is 10.2 Å². The molecule has 0 bridgehead atoms. The summed E-state index contributed by atoms with van der Waals surface area (Å²) in [5, 5.41) is 0. The number of alkyl halides is 3. The maximum absolute atomic E-state index is 12.9. The van der Waals surface area contributed by atoms with Crippen LogP contribution in [-0.4, -0.2) is 23.1 Å². The van der Waals surface area contributed by atoms with Crippen molar-refractivity contribution in [3.8, 4) is 0 Å². The molecule has 0 aliphatic heterocycles. The van der Waals surface area contributed by atoms with Crippen LogP contribution in [0.5, 0.6) is 0 Å². The van der Waals surface area contributed by atoms with Gasteiger partial charge in [0.1, 0.15) is 6.54 Å². The van der Waals surface area contributed by atoms with Gasteiger partial charge in [0.15, 0.2) is 4.80 Å². The number of benzene rings is 2. The molecule has 3 aromatic rings. The van der Waals surface area contributed by atoms with Crippen LogP contribution >= 0.6 is 11.3 Å². The van der Waals surface area contributed by atoms with Gasteiger partial charge in [0.2, 0.25) is 0 Å². The highest BCUT2D eigenvalue weighted by molar-refractivity contribution is 7.16. The lowest BCUT2D eigenvalue weighted by Gasteiger charge is -2.07. The molecule has 0 aliphatic carbocycles. The third kappa shape index (κ3) is 4.56. The largest absolute Gasteiger partial charge is 0.465 e. The highest BCUT2D eigenvalue weighted by Gasteiger charge is 2.30. The molecular formula is C20H17F3N2O3S. The van der Waals surface area contributed by atoms with Crippen LogP contribution in [0.1, 0.15) is 28.4 Å². The van der Waals surface area contributed by atoms with Gasteiger partial charge in [0, 0.05) is 5.56 Å². The van der Waals surface area contributed by atoms with Gasteiger partial charge in [-0.15, -0.1) is 0 Å². The molecule has 0 saturated carbocycles. The summed E-state index contributed by atoms with van der Waals surface area (Å²) in [7, 11) is 0. The number of thiazole rings is 1. The summed E-state index contributed by atoms with van der Waals surface area (Å²) in [6.45, 7) is 3.58. The van der Waals surface area contributed by atoms with Gasteiger partial charge in [0.25, 0.3) is 5.91 Å². The lowest BCUT2D eigenvalue weighted by atomic mass is 10.1. The maximum atomic E-state index is 12.9. The molecular weight excluding hydrogens is 405 g/mol. The number of para-hydroxylation sites is 1. The van der Waals surface area contributed by atoms with Gasteiger partial charge < -0.3 is 9.30 Å². The Bertz CT molecular complexity index is 1150. The number of nitrogens with zero attached hydrogens (tertiary/aromatic N) is 2. The summed E-state index contributed by atoms with van der Waals surface area (Å²) in [5.41, 5.74) is 0.485. The molecule has 3 rings (SSSR count). The van der Waals surface area contributed by atoms with Crippen molar-refractivity contribution in [1.29, 1.82) is 0 Å². The minimum absolute atomic E-state index is 0.159. The lowest BCUT2D eigenvalue weighted by Crippen LogP contribution is -2.23. The number of halogens is 3. The number of rotatable bonds is 4. The van der Waals surface area contributed by atoms with Crippen molar-refractivity contribution in [2.45, 2.75) is 26.6 Å². The zero-order chi connectivity index (χ0) is 21.2. The molecule has 0 fully saturated rings. The number of ether oxygens (including phenoxy) is 1. The molecule has 2 aromatic carbocycles. The average molecular weight is 422 g/mol. The number of carbonyl (C=O) groups excluding carboxylic acids is 2. The van der Waals surface area contributed by atoms with Gasteiger partial charge in [-0.05, 0) is 43.7 Å². The molecule has 1 aromatic heterocycles. The number of aryl methyl sites for hydroxylation is 1. The maximum Gasteiger partial charge on any atom is 0.416 e. The van der Waals surface area contributed by atoms with Gasteiger partial charge in [-0.2, -0.15) is 18.2 Å². The van der Waals surface area contributed by atoms with Crippen molar-refractivity contribution < 1.29 is 27.5 Å². The Morgan fingerprint density at radius 1 is 1.17 bits per heavy atom. The Kier molecular flexibility index (Phi) is 5.88. The van der Waals surface area contributed by atoms with E-state index in [2.05, 4.69) is 4.99 Å². The molecule has 0 saturated heterocycles. The van der Waals surface area contributed by atoms with E-state index in [1.54, 1.807) is 11.5 Å². The summed E-state index contributed by atoms with van der Waals surface area (Å²) < 4.78 is 46.1. The minimum Gasteiger partial charge on any atom is -0.465 e. The number of amides is 1. The number of hydrogen-bond acceptors (Lipinski definition) is 4. The quantitative estimate of drug-likeness (QED) is 0.588. The minimum atomic E-state index is -4.56. The van der Waals surface area contributed by atoms with E-state index in [-0.39, 0.29) is 23.5 Å². The standard InChI is InChI=1S/C20H17F3N2O3S/c1-3-28-16(26)11-25-17-12(2)6-4-9-15(17)29-19(25)24-18(27)13-7-5-8-14(10-13)20(21,22)23/h4-10H,3,11H2,1-2H3. The third-order valence-corrected chi connectivity index (χ3v) is 5.17. The fourth-order valence-electron chi connectivity index (χ4n) is 2.85. The molecule has 0 N–H and O–H groups in total. The summed E-state index contributed by atoms with van der Waals surface area (Å²) in [4.78, 5) is 28.8. The summed E-state index contributed by atoms with van der Waals surface area (Å²) in [6.07, 6.45) is -4.56. The Morgan fingerprint density at radius 3 is 2.59 bits per heavy atom. The summed E-state index contributed by atoms with van der Waals surface area (Å²) in [5.74, 6) is -1.32. The van der Waals surface area contributed by atoms with Crippen LogP contribution in [0, 0.1) is 6.92 Å². The molecule has 9 heteroatoms. The number of esters is 1. The number of aromatic nitrogens is 1. The van der Waals surface area contributed by atoms with Crippen molar-refractivity contribution >= 4 is 33.4 Å². The van der Waals surface area contributed by atoms with E-state index in [1.807, 2.05) is 25.1 Å². The smallest absolute Gasteiger partial charge is 0.416 e. The Morgan fingerprint density at radius 2 is 1.90 bits per heavy atom. The number of carbonyl (C=O) groups is 2.